The molecule has 3 saturated carbocycles. The predicted octanol–water partition coefficient (Wildman–Crippen LogP) is 6.79. The average molecular weight is 495 g/mol. The van der Waals surface area contributed by atoms with Crippen LogP contribution in [0.3, 0.4) is 0 Å². The largest absolute Gasteiger partial charge is 0.342 e. The fraction of sp³-hybridized carbons (Fsp3) is 0.774. The van der Waals surface area contributed by atoms with Gasteiger partial charge in [-0.25, -0.2) is 0 Å². The molecule has 0 aromatic carbocycles. The van der Waals surface area contributed by atoms with Crippen molar-refractivity contribution < 1.29 is 4.79 Å². The van der Waals surface area contributed by atoms with Crippen molar-refractivity contribution in [2.24, 2.45) is 34.5 Å². The first-order valence-electron chi connectivity index (χ1n) is 14.5. The summed E-state index contributed by atoms with van der Waals surface area (Å²) in [5.74, 6) is 3.99. The van der Waals surface area contributed by atoms with E-state index in [9.17, 15) is 4.79 Å². The van der Waals surface area contributed by atoms with Crippen molar-refractivity contribution in [3.8, 4) is 0 Å². The lowest BCUT2D eigenvalue weighted by Crippen LogP contribution is -2.53. The molecule has 4 aliphatic carbocycles. The van der Waals surface area contributed by atoms with Crippen molar-refractivity contribution in [1.82, 2.24) is 9.80 Å². The molecular formula is C31H46N2OS. The Hall–Kier alpha value is -1.13. The van der Waals surface area contributed by atoms with Gasteiger partial charge in [0.2, 0.25) is 5.91 Å². The topological polar surface area (TPSA) is 23.6 Å². The summed E-state index contributed by atoms with van der Waals surface area (Å²) < 4.78 is 0. The average Bonchev–Trinajstić information content (AvgIpc) is 3.55. The molecule has 0 radical (unpaired) electrons. The zero-order chi connectivity index (χ0) is 24.4. The molecule has 4 fully saturated rings. The maximum absolute atomic E-state index is 13.0. The number of thiophene rings is 1. The highest BCUT2D eigenvalue weighted by atomic mass is 32.1. The van der Waals surface area contributed by atoms with E-state index in [1.165, 1.54) is 56.4 Å². The summed E-state index contributed by atoms with van der Waals surface area (Å²) in [4.78, 5) is 19.2. The molecule has 6 rings (SSSR count). The highest BCUT2D eigenvalue weighted by Gasteiger charge is 2.64. The fourth-order valence-electron chi connectivity index (χ4n) is 10.0. The number of likely N-dealkylation sites (tertiary alicyclic amines) is 1. The van der Waals surface area contributed by atoms with Crippen molar-refractivity contribution in [1.29, 1.82) is 0 Å². The summed E-state index contributed by atoms with van der Waals surface area (Å²) in [5, 5.41) is 2.13. The molecule has 8 unspecified atom stereocenters. The minimum absolute atomic E-state index is 0.348. The summed E-state index contributed by atoms with van der Waals surface area (Å²) in [6.45, 7) is 6.46. The molecule has 192 valence electrons. The first-order chi connectivity index (χ1) is 16.8. The minimum atomic E-state index is 0.348. The number of allylic oxidation sites excluding steroid dienone is 1. The molecular weight excluding hydrogens is 448 g/mol. The van der Waals surface area contributed by atoms with Gasteiger partial charge in [-0.1, -0.05) is 24.6 Å². The van der Waals surface area contributed by atoms with E-state index in [4.69, 9.17) is 0 Å². The molecule has 5 aliphatic rings. The molecule has 2 heterocycles. The van der Waals surface area contributed by atoms with Crippen LogP contribution in [0.5, 0.6) is 0 Å². The number of hydrogen-bond acceptors (Lipinski definition) is 3. The van der Waals surface area contributed by atoms with Crippen LogP contribution in [-0.4, -0.2) is 48.4 Å². The van der Waals surface area contributed by atoms with Crippen molar-refractivity contribution in [2.75, 3.05) is 20.6 Å². The number of rotatable bonds is 5. The minimum Gasteiger partial charge on any atom is -0.342 e. The fourth-order valence-corrected chi connectivity index (χ4v) is 10.8. The van der Waals surface area contributed by atoms with Gasteiger partial charge in [0.25, 0.3) is 0 Å². The van der Waals surface area contributed by atoms with Crippen LogP contribution in [-0.2, 0) is 11.2 Å². The van der Waals surface area contributed by atoms with Gasteiger partial charge in [0.1, 0.15) is 0 Å². The molecule has 1 aromatic heterocycles. The standard InChI is InChI=1S/C31H46N2OS/c1-21-26-12-13-28-25-11-10-22-19-23(33(4)29(34)9-5-7-24-8-6-18-35-24)14-16-30(22,2)27(25)15-17-31(26,28)20-32(21)3/h6,8,10,18,21,23,25-28H,5,7,9,11-17,19-20H2,1-4H3. The molecule has 1 spiro atoms. The van der Waals surface area contributed by atoms with Crippen molar-refractivity contribution in [3.05, 3.63) is 34.0 Å². The summed E-state index contributed by atoms with van der Waals surface area (Å²) in [6, 6.07) is 5.47. The molecule has 4 heteroatoms. The molecule has 0 N–H and O–H groups in total. The first-order valence-corrected chi connectivity index (χ1v) is 15.4. The van der Waals surface area contributed by atoms with E-state index in [-0.39, 0.29) is 0 Å². The SMILES string of the molecule is CC1C2CCC3C4CC=C5CC(N(C)C(=O)CCCc6cccs6)CCC5(C)C4CCC32CN1C. The maximum Gasteiger partial charge on any atom is 0.222 e. The van der Waals surface area contributed by atoms with Gasteiger partial charge in [-0.2, -0.15) is 0 Å². The Kier molecular flexibility index (Phi) is 6.24. The third-order valence-electron chi connectivity index (χ3n) is 12.0. The van der Waals surface area contributed by atoms with Crippen LogP contribution < -0.4 is 0 Å². The predicted molar refractivity (Wildman–Crippen MR) is 145 cm³/mol. The molecule has 3 nitrogen and oxygen atoms in total. The molecule has 1 aromatic rings. The lowest BCUT2D eigenvalue weighted by atomic mass is 9.47. The van der Waals surface area contributed by atoms with E-state index in [2.05, 4.69) is 61.3 Å². The highest BCUT2D eigenvalue weighted by Crippen LogP contribution is 2.68. The van der Waals surface area contributed by atoms with Crippen molar-refractivity contribution in [2.45, 2.75) is 96.6 Å². The van der Waals surface area contributed by atoms with Gasteiger partial charge in [0, 0.05) is 37.0 Å². The van der Waals surface area contributed by atoms with Gasteiger partial charge >= 0.3 is 0 Å². The molecule has 0 bridgehead atoms. The normalized spacial score (nSPS) is 42.6. The Labute approximate surface area is 217 Å². The number of carbonyl (C=O) groups is 1. The van der Waals surface area contributed by atoms with E-state index in [0.717, 1.165) is 49.0 Å². The van der Waals surface area contributed by atoms with Gasteiger partial charge in [-0.3, -0.25) is 4.79 Å². The molecule has 1 amide bonds. The zero-order valence-electron chi connectivity index (χ0n) is 22.5. The van der Waals surface area contributed by atoms with Gasteiger partial charge in [0.15, 0.2) is 0 Å². The van der Waals surface area contributed by atoms with Crippen LogP contribution >= 0.6 is 11.3 Å². The van der Waals surface area contributed by atoms with Crippen LogP contribution in [0.2, 0.25) is 0 Å². The molecule has 35 heavy (non-hydrogen) atoms. The molecule has 1 saturated heterocycles. The summed E-state index contributed by atoms with van der Waals surface area (Å²) in [6.07, 6.45) is 16.1. The third-order valence-corrected chi connectivity index (χ3v) is 13.0. The van der Waals surface area contributed by atoms with Gasteiger partial charge in [-0.15, -0.1) is 11.3 Å². The Balaban J connectivity index is 1.12. The van der Waals surface area contributed by atoms with E-state index in [1.807, 2.05) is 11.3 Å². The number of amides is 1. The smallest absolute Gasteiger partial charge is 0.222 e. The summed E-state index contributed by atoms with van der Waals surface area (Å²) >= 11 is 1.81. The van der Waals surface area contributed by atoms with Crippen LogP contribution in [0.15, 0.2) is 29.2 Å². The number of aryl methyl sites for hydroxylation is 1. The zero-order valence-corrected chi connectivity index (χ0v) is 23.3. The maximum atomic E-state index is 13.0. The van der Waals surface area contributed by atoms with Crippen LogP contribution in [0.1, 0.15) is 82.9 Å². The van der Waals surface area contributed by atoms with Gasteiger partial charge in [-0.05, 0) is 124 Å². The van der Waals surface area contributed by atoms with Gasteiger partial charge < -0.3 is 9.80 Å². The van der Waals surface area contributed by atoms with Crippen molar-refractivity contribution in [3.63, 3.8) is 0 Å². The lowest BCUT2D eigenvalue weighted by molar-refractivity contribution is -0.133. The Morgan fingerprint density at radius 3 is 2.80 bits per heavy atom. The second-order valence-electron chi connectivity index (χ2n) is 13.2. The monoisotopic (exact) mass is 494 g/mol. The second kappa shape index (κ2) is 9.01. The van der Waals surface area contributed by atoms with E-state index in [1.54, 1.807) is 5.57 Å². The van der Waals surface area contributed by atoms with E-state index < -0.39 is 0 Å². The Morgan fingerprint density at radius 1 is 1.17 bits per heavy atom. The van der Waals surface area contributed by atoms with Crippen LogP contribution in [0.25, 0.3) is 0 Å². The number of fused-ring (bicyclic) bond motifs is 4. The number of nitrogens with zero attached hydrogens (tertiary/aromatic N) is 2. The van der Waals surface area contributed by atoms with E-state index >= 15 is 0 Å². The second-order valence-corrected chi connectivity index (χ2v) is 14.2. The van der Waals surface area contributed by atoms with Crippen LogP contribution in [0.4, 0.5) is 0 Å². The quantitative estimate of drug-likeness (QED) is 0.421. The number of hydrogen-bond donors (Lipinski definition) is 0. The molecule has 1 aliphatic heterocycles. The van der Waals surface area contributed by atoms with Gasteiger partial charge in [0.05, 0.1) is 0 Å². The molecule has 8 atom stereocenters. The summed E-state index contributed by atoms with van der Waals surface area (Å²) in [7, 11) is 4.45. The van der Waals surface area contributed by atoms with E-state index in [0.29, 0.717) is 29.2 Å². The Bertz CT molecular complexity index is 971. The first kappa shape index (κ1) is 24.2. The summed E-state index contributed by atoms with van der Waals surface area (Å²) in [5.41, 5.74) is 2.69. The Morgan fingerprint density at radius 2 is 2.00 bits per heavy atom. The van der Waals surface area contributed by atoms with Crippen LogP contribution in [0, 0.1) is 34.5 Å². The van der Waals surface area contributed by atoms with Crippen molar-refractivity contribution >= 4 is 17.2 Å². The third kappa shape index (κ3) is 3.79. The lowest BCUT2D eigenvalue weighted by Gasteiger charge is -2.58. The highest BCUT2D eigenvalue weighted by molar-refractivity contribution is 7.09. The number of carbonyl (C=O) groups excluding carboxylic acids is 1.